The second kappa shape index (κ2) is 6.16. The number of benzene rings is 1. The van der Waals surface area contributed by atoms with Gasteiger partial charge in [0.2, 0.25) is 6.23 Å². The number of esters is 1. The van der Waals surface area contributed by atoms with E-state index >= 15 is 0 Å². The van der Waals surface area contributed by atoms with E-state index in [0.29, 0.717) is 5.56 Å². The zero-order chi connectivity index (χ0) is 13.7. The van der Waals surface area contributed by atoms with Gasteiger partial charge in [-0.15, -0.1) is 0 Å². The van der Waals surface area contributed by atoms with Gasteiger partial charge in [0.1, 0.15) is 0 Å². The number of carbonyl (C=O) groups is 2. The number of carbonyl (C=O) groups excluding carboxylic acids is 2. The van der Waals surface area contributed by atoms with Crippen LogP contribution < -0.4 is 5.32 Å². The zero-order valence-corrected chi connectivity index (χ0v) is 10.9. The lowest BCUT2D eigenvalue weighted by molar-refractivity contribution is -0.153. The summed E-state index contributed by atoms with van der Waals surface area (Å²) in [5.74, 6) is -1.02. The lowest BCUT2D eigenvalue weighted by atomic mass is 10.1. The maximum absolute atomic E-state index is 11.9. The number of methoxy groups -OCH3 is 2. The molecule has 0 bridgehead atoms. The average Bonchev–Trinajstić information content (AvgIpc) is 2.33. The summed E-state index contributed by atoms with van der Waals surface area (Å²) in [4.78, 5) is 23.2. The van der Waals surface area contributed by atoms with Gasteiger partial charge in [-0.1, -0.05) is 17.2 Å². The summed E-state index contributed by atoms with van der Waals surface area (Å²) in [7, 11) is 2.56. The summed E-state index contributed by atoms with van der Waals surface area (Å²) in [5.41, 5.74) is 2.44. The number of nitrogens with one attached hydrogen (secondary N) is 1. The van der Waals surface area contributed by atoms with Crippen molar-refractivity contribution in [2.45, 2.75) is 20.1 Å². The maximum Gasteiger partial charge on any atom is 0.356 e. The number of rotatable bonds is 4. The minimum absolute atomic E-state index is 0.376. The highest BCUT2D eigenvalue weighted by Gasteiger charge is 2.21. The molecule has 1 atom stereocenters. The first kappa shape index (κ1) is 14.2. The molecule has 0 aliphatic rings. The predicted molar refractivity (Wildman–Crippen MR) is 66.2 cm³/mol. The van der Waals surface area contributed by atoms with Gasteiger partial charge in [0.05, 0.1) is 7.11 Å². The number of aryl methyl sites for hydroxylation is 2. The minimum atomic E-state index is -1.09. The summed E-state index contributed by atoms with van der Waals surface area (Å²) in [6.07, 6.45) is -1.09. The molecule has 98 valence electrons. The molecule has 0 aliphatic carbocycles. The van der Waals surface area contributed by atoms with Gasteiger partial charge >= 0.3 is 5.97 Å². The monoisotopic (exact) mass is 251 g/mol. The fourth-order valence-corrected chi connectivity index (χ4v) is 1.63. The first-order valence-electron chi connectivity index (χ1n) is 5.47. The number of hydrogen-bond donors (Lipinski definition) is 1. The molecule has 1 unspecified atom stereocenters. The Balaban J connectivity index is 2.84. The van der Waals surface area contributed by atoms with Gasteiger partial charge in [0.25, 0.3) is 5.91 Å². The fourth-order valence-electron chi connectivity index (χ4n) is 1.63. The SMILES string of the molecule is COC(=O)C(NC(=O)c1cc(C)cc(C)c1)OC. The number of hydrogen-bond acceptors (Lipinski definition) is 4. The van der Waals surface area contributed by atoms with Crippen LogP contribution in [0.2, 0.25) is 0 Å². The highest BCUT2D eigenvalue weighted by atomic mass is 16.6. The molecular formula is C13H17NO4. The molecule has 5 heteroatoms. The third-order valence-electron chi connectivity index (χ3n) is 2.40. The molecule has 1 amide bonds. The van der Waals surface area contributed by atoms with Crippen molar-refractivity contribution in [3.05, 3.63) is 34.9 Å². The van der Waals surface area contributed by atoms with Crippen molar-refractivity contribution in [2.24, 2.45) is 0 Å². The second-order valence-electron chi connectivity index (χ2n) is 3.99. The Morgan fingerprint density at radius 1 is 1.11 bits per heavy atom. The summed E-state index contributed by atoms with van der Waals surface area (Å²) < 4.78 is 9.36. The van der Waals surface area contributed by atoms with Gasteiger partial charge in [0, 0.05) is 12.7 Å². The molecular weight excluding hydrogens is 234 g/mol. The predicted octanol–water partition coefficient (Wildman–Crippen LogP) is 1.18. The van der Waals surface area contributed by atoms with E-state index in [1.54, 1.807) is 12.1 Å². The van der Waals surface area contributed by atoms with Gasteiger partial charge in [-0.3, -0.25) is 4.79 Å². The van der Waals surface area contributed by atoms with E-state index in [0.717, 1.165) is 11.1 Å². The highest BCUT2D eigenvalue weighted by Crippen LogP contribution is 2.09. The van der Waals surface area contributed by atoms with E-state index in [4.69, 9.17) is 4.74 Å². The largest absolute Gasteiger partial charge is 0.466 e. The third-order valence-corrected chi connectivity index (χ3v) is 2.40. The van der Waals surface area contributed by atoms with Crippen LogP contribution in [0.5, 0.6) is 0 Å². The van der Waals surface area contributed by atoms with Crippen molar-refractivity contribution >= 4 is 11.9 Å². The Bertz CT molecular complexity index is 436. The smallest absolute Gasteiger partial charge is 0.356 e. The summed E-state index contributed by atoms with van der Waals surface area (Å²) >= 11 is 0. The quantitative estimate of drug-likeness (QED) is 0.644. The van der Waals surface area contributed by atoms with Crippen LogP contribution in [0, 0.1) is 13.8 Å². The molecule has 0 spiro atoms. The van der Waals surface area contributed by atoms with E-state index in [1.165, 1.54) is 14.2 Å². The molecule has 0 saturated heterocycles. The van der Waals surface area contributed by atoms with Crippen LogP contribution in [0.15, 0.2) is 18.2 Å². The van der Waals surface area contributed by atoms with Gasteiger partial charge in [-0.25, -0.2) is 4.79 Å². The van der Waals surface area contributed by atoms with Crippen LogP contribution in [-0.2, 0) is 14.3 Å². The van der Waals surface area contributed by atoms with Crippen molar-refractivity contribution in [3.8, 4) is 0 Å². The van der Waals surface area contributed by atoms with Crippen molar-refractivity contribution < 1.29 is 19.1 Å². The van der Waals surface area contributed by atoms with Crippen LogP contribution in [0.25, 0.3) is 0 Å². The molecule has 0 saturated carbocycles. The fraction of sp³-hybridized carbons (Fsp3) is 0.385. The van der Waals surface area contributed by atoms with E-state index < -0.39 is 12.2 Å². The van der Waals surface area contributed by atoms with Crippen LogP contribution in [0.3, 0.4) is 0 Å². The Morgan fingerprint density at radius 2 is 1.67 bits per heavy atom. The maximum atomic E-state index is 11.9. The van der Waals surface area contributed by atoms with Crippen molar-refractivity contribution in [1.82, 2.24) is 5.32 Å². The molecule has 5 nitrogen and oxygen atoms in total. The van der Waals surface area contributed by atoms with Crippen molar-refractivity contribution in [3.63, 3.8) is 0 Å². The first-order chi connectivity index (χ1) is 8.47. The number of amides is 1. The molecule has 0 aliphatic heterocycles. The van der Waals surface area contributed by atoms with E-state index in [9.17, 15) is 9.59 Å². The molecule has 1 aromatic carbocycles. The van der Waals surface area contributed by atoms with E-state index in [-0.39, 0.29) is 5.91 Å². The third kappa shape index (κ3) is 3.56. The molecule has 0 aromatic heterocycles. The molecule has 1 aromatic rings. The molecule has 0 radical (unpaired) electrons. The lowest BCUT2D eigenvalue weighted by Gasteiger charge is -2.15. The standard InChI is InChI=1S/C13H17NO4/c1-8-5-9(2)7-10(6-8)11(15)14-12(17-3)13(16)18-4/h5-7,12H,1-4H3,(H,14,15). The first-order valence-corrected chi connectivity index (χ1v) is 5.47. The van der Waals surface area contributed by atoms with Gasteiger partial charge < -0.3 is 14.8 Å². The van der Waals surface area contributed by atoms with Crippen molar-refractivity contribution in [1.29, 1.82) is 0 Å². The Morgan fingerprint density at radius 3 is 2.11 bits per heavy atom. The molecule has 18 heavy (non-hydrogen) atoms. The molecule has 1 rings (SSSR count). The zero-order valence-electron chi connectivity index (χ0n) is 10.9. The van der Waals surface area contributed by atoms with Gasteiger partial charge in [-0.05, 0) is 26.0 Å². The summed E-state index contributed by atoms with van der Waals surface area (Å²) in [6.45, 7) is 3.80. The topological polar surface area (TPSA) is 64.6 Å². The average molecular weight is 251 g/mol. The Labute approximate surface area is 106 Å². The summed E-state index contributed by atoms with van der Waals surface area (Å²) in [5, 5.41) is 2.45. The van der Waals surface area contributed by atoms with Gasteiger partial charge in [0.15, 0.2) is 0 Å². The van der Waals surface area contributed by atoms with Gasteiger partial charge in [-0.2, -0.15) is 0 Å². The number of ether oxygens (including phenoxy) is 2. The normalized spacial score (nSPS) is 11.8. The van der Waals surface area contributed by atoms with Crippen LogP contribution in [0.4, 0.5) is 0 Å². The highest BCUT2D eigenvalue weighted by molar-refractivity contribution is 5.96. The minimum Gasteiger partial charge on any atom is -0.466 e. The van der Waals surface area contributed by atoms with Crippen LogP contribution in [-0.4, -0.2) is 32.3 Å². The Kier molecular flexibility index (Phi) is 4.85. The van der Waals surface area contributed by atoms with Crippen LogP contribution in [0.1, 0.15) is 21.5 Å². The summed E-state index contributed by atoms with van der Waals surface area (Å²) in [6, 6.07) is 5.45. The molecule has 0 heterocycles. The van der Waals surface area contributed by atoms with E-state index in [1.807, 2.05) is 19.9 Å². The van der Waals surface area contributed by atoms with Crippen LogP contribution >= 0.6 is 0 Å². The Hall–Kier alpha value is -1.88. The lowest BCUT2D eigenvalue weighted by Crippen LogP contribution is -2.42. The molecule has 1 N–H and O–H groups in total. The van der Waals surface area contributed by atoms with E-state index in [2.05, 4.69) is 10.1 Å². The second-order valence-corrected chi connectivity index (χ2v) is 3.99. The van der Waals surface area contributed by atoms with Crippen molar-refractivity contribution in [2.75, 3.05) is 14.2 Å². The molecule has 0 fully saturated rings.